The zero-order valence-corrected chi connectivity index (χ0v) is 10.1. The van der Waals surface area contributed by atoms with Crippen LogP contribution in [0.4, 0.5) is 0 Å². The van der Waals surface area contributed by atoms with Crippen molar-refractivity contribution in [2.24, 2.45) is 0 Å². The van der Waals surface area contributed by atoms with Crippen LogP contribution >= 0.6 is 0 Å². The Hall–Kier alpha value is -1.51. The van der Waals surface area contributed by atoms with Crippen molar-refractivity contribution >= 4 is 5.97 Å². The fraction of sp³-hybridized carbons (Fsp3) is 0.500. The monoisotopic (exact) mass is 234 g/mol. The quantitative estimate of drug-likeness (QED) is 0.845. The molecule has 92 valence electrons. The van der Waals surface area contributed by atoms with Crippen molar-refractivity contribution in [3.05, 3.63) is 29.3 Å². The average molecular weight is 234 g/mol. The highest BCUT2D eigenvalue weighted by Crippen LogP contribution is 2.45. The molecule has 2 rings (SSSR count). The lowest BCUT2D eigenvalue weighted by Gasteiger charge is -2.26. The molecule has 0 saturated heterocycles. The molecule has 3 nitrogen and oxygen atoms in total. The predicted molar refractivity (Wildman–Crippen MR) is 65.3 cm³/mol. The third kappa shape index (κ3) is 1.79. The topological polar surface area (TPSA) is 57.5 Å². The van der Waals surface area contributed by atoms with E-state index in [2.05, 4.69) is 0 Å². The molecule has 1 aromatic carbocycles. The lowest BCUT2D eigenvalue weighted by atomic mass is 9.77. The molecule has 0 bridgehead atoms. The van der Waals surface area contributed by atoms with Crippen molar-refractivity contribution in [3.63, 3.8) is 0 Å². The van der Waals surface area contributed by atoms with Crippen LogP contribution in [-0.4, -0.2) is 16.2 Å². The van der Waals surface area contributed by atoms with Crippen molar-refractivity contribution in [2.75, 3.05) is 0 Å². The van der Waals surface area contributed by atoms with Crippen molar-refractivity contribution in [1.82, 2.24) is 0 Å². The molecular formula is C14H18O3. The van der Waals surface area contributed by atoms with Gasteiger partial charge in [-0.3, -0.25) is 4.79 Å². The Morgan fingerprint density at radius 3 is 2.53 bits per heavy atom. The molecule has 1 aliphatic carbocycles. The van der Waals surface area contributed by atoms with Crippen LogP contribution in [-0.2, 0) is 16.6 Å². The molecule has 1 aliphatic rings. The van der Waals surface area contributed by atoms with Crippen molar-refractivity contribution in [1.29, 1.82) is 0 Å². The van der Waals surface area contributed by atoms with E-state index in [4.69, 9.17) is 0 Å². The number of rotatable bonds is 3. The number of carboxylic acid groups (broad SMARTS) is 1. The van der Waals surface area contributed by atoms with Crippen LogP contribution in [0.1, 0.15) is 43.7 Å². The number of aromatic hydroxyl groups is 1. The molecule has 0 spiro atoms. The van der Waals surface area contributed by atoms with Crippen LogP contribution < -0.4 is 0 Å². The molecule has 1 fully saturated rings. The first kappa shape index (κ1) is 12.0. The molecular weight excluding hydrogens is 216 g/mol. The predicted octanol–water partition coefficient (Wildman–Crippen LogP) is 2.85. The highest BCUT2D eigenvalue weighted by atomic mass is 16.4. The molecule has 0 amide bonds. The number of phenolic OH excluding ortho intramolecular Hbond substituents is 1. The minimum absolute atomic E-state index is 0.180. The van der Waals surface area contributed by atoms with Gasteiger partial charge in [0.2, 0.25) is 0 Å². The van der Waals surface area contributed by atoms with Gasteiger partial charge in [0.25, 0.3) is 0 Å². The van der Waals surface area contributed by atoms with E-state index in [-0.39, 0.29) is 5.75 Å². The van der Waals surface area contributed by atoms with E-state index in [0.717, 1.165) is 24.8 Å². The van der Waals surface area contributed by atoms with Gasteiger partial charge in [-0.05, 0) is 24.8 Å². The Balaban J connectivity index is 2.54. The van der Waals surface area contributed by atoms with Crippen LogP contribution in [0.25, 0.3) is 0 Å². The largest absolute Gasteiger partial charge is 0.507 e. The number of hydrogen-bond donors (Lipinski definition) is 2. The first-order valence-electron chi connectivity index (χ1n) is 6.16. The van der Waals surface area contributed by atoms with E-state index in [1.807, 2.05) is 19.1 Å². The number of benzene rings is 1. The second-order valence-electron chi connectivity index (χ2n) is 4.76. The lowest BCUT2D eigenvalue weighted by molar-refractivity contribution is -0.143. The fourth-order valence-corrected chi connectivity index (χ4v) is 2.84. The van der Waals surface area contributed by atoms with E-state index in [1.165, 1.54) is 0 Å². The zero-order valence-electron chi connectivity index (χ0n) is 10.1. The maximum Gasteiger partial charge on any atom is 0.314 e. The molecule has 0 heterocycles. The molecule has 1 saturated carbocycles. The van der Waals surface area contributed by atoms with E-state index >= 15 is 0 Å². The Labute approximate surface area is 101 Å². The maximum absolute atomic E-state index is 11.6. The Morgan fingerprint density at radius 2 is 2.00 bits per heavy atom. The van der Waals surface area contributed by atoms with Crippen LogP contribution in [0.15, 0.2) is 18.2 Å². The standard InChI is InChI=1S/C14H18O3/c1-2-10-6-5-7-11(12(10)15)14(13(16)17)8-3-4-9-14/h5-7,15H,2-4,8-9H2,1H3,(H,16,17). The minimum atomic E-state index is -0.866. The van der Waals surface area contributed by atoms with Gasteiger partial charge >= 0.3 is 5.97 Å². The molecule has 0 aliphatic heterocycles. The zero-order chi connectivity index (χ0) is 12.5. The van der Waals surface area contributed by atoms with Crippen LogP contribution in [0, 0.1) is 0 Å². The molecule has 2 N–H and O–H groups in total. The van der Waals surface area contributed by atoms with Crippen LogP contribution in [0.5, 0.6) is 5.75 Å². The van der Waals surface area contributed by atoms with E-state index in [0.29, 0.717) is 18.4 Å². The van der Waals surface area contributed by atoms with Gasteiger partial charge in [-0.15, -0.1) is 0 Å². The summed E-state index contributed by atoms with van der Waals surface area (Å²) in [6.45, 7) is 1.96. The number of aliphatic carboxylic acids is 1. The third-order valence-corrected chi connectivity index (χ3v) is 3.88. The van der Waals surface area contributed by atoms with Gasteiger partial charge in [0, 0.05) is 5.56 Å². The molecule has 0 atom stereocenters. The van der Waals surface area contributed by atoms with E-state index in [1.54, 1.807) is 6.07 Å². The van der Waals surface area contributed by atoms with Crippen LogP contribution in [0.2, 0.25) is 0 Å². The second-order valence-corrected chi connectivity index (χ2v) is 4.76. The summed E-state index contributed by atoms with van der Waals surface area (Å²) in [5.74, 6) is -0.627. The Bertz CT molecular complexity index is 431. The van der Waals surface area contributed by atoms with Gasteiger partial charge in [-0.25, -0.2) is 0 Å². The van der Waals surface area contributed by atoms with Gasteiger partial charge in [0.15, 0.2) is 0 Å². The normalized spacial score (nSPS) is 18.2. The number of hydrogen-bond acceptors (Lipinski definition) is 2. The first-order chi connectivity index (χ1) is 8.12. The molecule has 0 radical (unpaired) electrons. The van der Waals surface area contributed by atoms with E-state index < -0.39 is 11.4 Å². The molecule has 1 aromatic rings. The molecule has 17 heavy (non-hydrogen) atoms. The molecule has 0 aromatic heterocycles. The SMILES string of the molecule is CCc1cccc(C2(C(=O)O)CCCC2)c1O. The smallest absolute Gasteiger partial charge is 0.314 e. The summed E-state index contributed by atoms with van der Waals surface area (Å²) in [6, 6.07) is 5.45. The minimum Gasteiger partial charge on any atom is -0.507 e. The fourth-order valence-electron chi connectivity index (χ4n) is 2.84. The Kier molecular flexibility index (Phi) is 3.09. The van der Waals surface area contributed by atoms with Gasteiger partial charge in [0.05, 0.1) is 5.41 Å². The summed E-state index contributed by atoms with van der Waals surface area (Å²) in [5.41, 5.74) is 0.562. The van der Waals surface area contributed by atoms with Crippen LogP contribution in [0.3, 0.4) is 0 Å². The van der Waals surface area contributed by atoms with Crippen molar-refractivity contribution in [3.8, 4) is 5.75 Å². The van der Waals surface area contributed by atoms with Gasteiger partial charge < -0.3 is 10.2 Å². The molecule has 3 heteroatoms. The summed E-state index contributed by atoms with van der Waals surface area (Å²) in [4.78, 5) is 11.6. The average Bonchev–Trinajstić information content (AvgIpc) is 2.79. The van der Waals surface area contributed by atoms with Crippen molar-refractivity contribution in [2.45, 2.75) is 44.4 Å². The third-order valence-electron chi connectivity index (χ3n) is 3.88. The number of carbonyl (C=O) groups is 1. The second kappa shape index (κ2) is 4.40. The van der Waals surface area contributed by atoms with Gasteiger partial charge in [-0.2, -0.15) is 0 Å². The number of phenols is 1. The summed E-state index contributed by atoms with van der Waals surface area (Å²) in [6.07, 6.45) is 3.81. The summed E-state index contributed by atoms with van der Waals surface area (Å²) < 4.78 is 0. The summed E-state index contributed by atoms with van der Waals surface area (Å²) >= 11 is 0. The molecule has 0 unspecified atom stereocenters. The summed E-state index contributed by atoms with van der Waals surface area (Å²) in [7, 11) is 0. The van der Waals surface area contributed by atoms with Gasteiger partial charge in [-0.1, -0.05) is 38.0 Å². The lowest BCUT2D eigenvalue weighted by Crippen LogP contribution is -2.32. The Morgan fingerprint density at radius 1 is 1.35 bits per heavy atom. The number of aryl methyl sites for hydroxylation is 1. The maximum atomic E-state index is 11.6. The van der Waals surface area contributed by atoms with Gasteiger partial charge in [0.1, 0.15) is 5.75 Å². The summed E-state index contributed by atoms with van der Waals surface area (Å²) in [5, 5.41) is 19.7. The first-order valence-corrected chi connectivity index (χ1v) is 6.16. The number of para-hydroxylation sites is 1. The highest BCUT2D eigenvalue weighted by molar-refractivity contribution is 5.83. The van der Waals surface area contributed by atoms with Crippen molar-refractivity contribution < 1.29 is 15.0 Å². The highest BCUT2D eigenvalue weighted by Gasteiger charge is 2.44. The van der Waals surface area contributed by atoms with E-state index in [9.17, 15) is 15.0 Å². The number of carboxylic acids is 1.